The van der Waals surface area contributed by atoms with E-state index in [2.05, 4.69) is 19.9 Å². The summed E-state index contributed by atoms with van der Waals surface area (Å²) in [6.45, 7) is 7.69. The van der Waals surface area contributed by atoms with Gasteiger partial charge in [-0.05, 0) is 23.3 Å². The molecular formula is C34H31F5N4O2. The average molecular weight is 623 g/mol. The van der Waals surface area contributed by atoms with Gasteiger partial charge in [0.1, 0.15) is 28.5 Å². The van der Waals surface area contributed by atoms with Gasteiger partial charge in [-0.15, -0.1) is 0 Å². The zero-order valence-electron chi connectivity index (χ0n) is 24.9. The first-order valence-electron chi connectivity index (χ1n) is 14.1. The van der Waals surface area contributed by atoms with Crippen LogP contribution < -0.4 is 0 Å². The molecule has 0 aliphatic carbocycles. The van der Waals surface area contributed by atoms with Crippen LogP contribution in [0.2, 0.25) is 0 Å². The molecule has 11 heteroatoms. The Balaban J connectivity index is 0.000000178. The highest BCUT2D eigenvalue weighted by molar-refractivity contribution is 5.81. The third-order valence-electron chi connectivity index (χ3n) is 7.77. The predicted octanol–water partition coefficient (Wildman–Crippen LogP) is 7.70. The van der Waals surface area contributed by atoms with Crippen LogP contribution in [0.4, 0.5) is 22.0 Å². The van der Waals surface area contributed by atoms with Gasteiger partial charge >= 0.3 is 0 Å². The maximum absolute atomic E-state index is 13.7. The van der Waals surface area contributed by atoms with Crippen molar-refractivity contribution in [1.29, 1.82) is 0 Å². The molecule has 6 rings (SSSR count). The summed E-state index contributed by atoms with van der Waals surface area (Å²) in [5.41, 5.74) is 2.80. The van der Waals surface area contributed by atoms with Crippen molar-refractivity contribution in [2.24, 2.45) is 0 Å². The second-order valence-electron chi connectivity index (χ2n) is 12.1. The molecule has 0 unspecified atom stereocenters. The number of halogens is 5. The molecule has 0 bridgehead atoms. The smallest absolute Gasteiger partial charge is 0.196 e. The van der Waals surface area contributed by atoms with Gasteiger partial charge in [0.15, 0.2) is 23.3 Å². The zero-order valence-corrected chi connectivity index (χ0v) is 24.9. The van der Waals surface area contributed by atoms with Crippen molar-refractivity contribution >= 4 is 22.1 Å². The number of nitrogens with zero attached hydrogens (tertiary/aromatic N) is 2. The highest BCUT2D eigenvalue weighted by Crippen LogP contribution is 2.30. The van der Waals surface area contributed by atoms with Crippen LogP contribution in [-0.4, -0.2) is 43.4 Å². The molecule has 6 nitrogen and oxygen atoms in total. The van der Waals surface area contributed by atoms with Crippen LogP contribution in [-0.2, 0) is 10.8 Å². The number of aliphatic hydroxyl groups is 2. The predicted molar refractivity (Wildman–Crippen MR) is 163 cm³/mol. The Morgan fingerprint density at radius 1 is 0.600 bits per heavy atom. The Bertz CT molecular complexity index is 2000. The first-order valence-corrected chi connectivity index (χ1v) is 14.1. The topological polar surface area (TPSA) is 97.8 Å². The van der Waals surface area contributed by atoms with Gasteiger partial charge in [-0.1, -0.05) is 70.2 Å². The first-order chi connectivity index (χ1) is 21.2. The van der Waals surface area contributed by atoms with Gasteiger partial charge < -0.3 is 20.2 Å². The van der Waals surface area contributed by atoms with Gasteiger partial charge in [0.05, 0.1) is 24.2 Å². The number of hydrogen-bond donors (Lipinski definition) is 4. The van der Waals surface area contributed by atoms with E-state index in [1.807, 2.05) is 64.1 Å². The van der Waals surface area contributed by atoms with Crippen LogP contribution in [0.3, 0.4) is 0 Å². The number of benzene rings is 4. The van der Waals surface area contributed by atoms with E-state index in [9.17, 15) is 32.2 Å². The van der Waals surface area contributed by atoms with Crippen molar-refractivity contribution in [3.63, 3.8) is 0 Å². The second-order valence-corrected chi connectivity index (χ2v) is 12.1. The van der Waals surface area contributed by atoms with Crippen molar-refractivity contribution in [3.05, 3.63) is 107 Å². The minimum absolute atomic E-state index is 0.000743. The Kier molecular flexibility index (Phi) is 8.52. The molecule has 4 N–H and O–H groups in total. The lowest BCUT2D eigenvalue weighted by molar-refractivity contribution is 0.218. The molecule has 4 aromatic carbocycles. The van der Waals surface area contributed by atoms with E-state index < -0.39 is 29.1 Å². The Labute approximate surface area is 255 Å². The van der Waals surface area contributed by atoms with Crippen molar-refractivity contribution in [1.82, 2.24) is 19.9 Å². The summed E-state index contributed by atoms with van der Waals surface area (Å²) in [6.07, 6.45) is 0. The van der Waals surface area contributed by atoms with Crippen LogP contribution >= 0.6 is 0 Å². The monoisotopic (exact) mass is 622 g/mol. The summed E-state index contributed by atoms with van der Waals surface area (Å²) in [5.74, 6) is -4.64. The normalized spacial score (nSPS) is 12.1. The number of fused-ring (bicyclic) bond motifs is 2. The molecule has 45 heavy (non-hydrogen) atoms. The molecule has 0 aliphatic rings. The number of rotatable bonds is 6. The fourth-order valence-corrected chi connectivity index (χ4v) is 4.72. The number of aliphatic hydroxyl groups excluding tert-OH is 2. The molecule has 0 saturated carbocycles. The lowest BCUT2D eigenvalue weighted by Crippen LogP contribution is -2.21. The summed E-state index contributed by atoms with van der Waals surface area (Å²) in [4.78, 5) is 13.9. The van der Waals surface area contributed by atoms with Gasteiger partial charge in [0, 0.05) is 34.1 Å². The molecule has 0 aliphatic heterocycles. The van der Waals surface area contributed by atoms with Crippen LogP contribution in [0.15, 0.2) is 66.7 Å². The average Bonchev–Trinajstić information content (AvgIpc) is 3.65. The number of H-pyrrole nitrogens is 2. The van der Waals surface area contributed by atoms with E-state index >= 15 is 0 Å². The number of imidazole rings is 2. The van der Waals surface area contributed by atoms with E-state index in [1.165, 1.54) is 6.07 Å². The third kappa shape index (κ3) is 6.31. The fourth-order valence-electron chi connectivity index (χ4n) is 4.72. The molecule has 0 spiro atoms. The van der Waals surface area contributed by atoms with Gasteiger partial charge in [0.2, 0.25) is 0 Å². The maximum Gasteiger partial charge on any atom is 0.196 e. The zero-order chi connectivity index (χ0) is 32.7. The molecule has 0 atom stereocenters. The summed E-state index contributed by atoms with van der Waals surface area (Å²) < 4.78 is 67.3. The van der Waals surface area contributed by atoms with E-state index in [-0.39, 0.29) is 40.6 Å². The van der Waals surface area contributed by atoms with Gasteiger partial charge in [0.25, 0.3) is 0 Å². The number of hydrogen-bond acceptors (Lipinski definition) is 4. The van der Waals surface area contributed by atoms with E-state index in [1.54, 1.807) is 12.1 Å². The number of nitrogens with one attached hydrogen (secondary N) is 2. The molecule has 0 saturated heterocycles. The molecule has 0 radical (unpaired) electrons. The fraction of sp³-hybridized carbons (Fsp3) is 0.235. The first kappa shape index (κ1) is 31.8. The molecule has 234 valence electrons. The van der Waals surface area contributed by atoms with Gasteiger partial charge in [-0.2, -0.15) is 0 Å². The van der Waals surface area contributed by atoms with Crippen molar-refractivity contribution in [2.75, 3.05) is 13.2 Å². The van der Waals surface area contributed by atoms with Gasteiger partial charge in [-0.3, -0.25) is 0 Å². The van der Waals surface area contributed by atoms with Crippen molar-refractivity contribution in [2.45, 2.75) is 38.5 Å². The van der Waals surface area contributed by atoms with Gasteiger partial charge in [-0.25, -0.2) is 31.9 Å². The molecule has 6 aromatic rings. The highest BCUT2D eigenvalue weighted by atomic mass is 19.2. The minimum Gasteiger partial charge on any atom is -0.395 e. The van der Waals surface area contributed by atoms with E-state index in [0.29, 0.717) is 22.7 Å². The van der Waals surface area contributed by atoms with Crippen molar-refractivity contribution < 1.29 is 32.2 Å². The minimum atomic E-state index is -1.53. The van der Waals surface area contributed by atoms with Crippen molar-refractivity contribution in [3.8, 4) is 22.8 Å². The van der Waals surface area contributed by atoms with Crippen LogP contribution in [0.5, 0.6) is 0 Å². The Morgan fingerprint density at radius 3 is 1.82 bits per heavy atom. The largest absolute Gasteiger partial charge is 0.395 e. The second kappa shape index (κ2) is 12.1. The summed E-state index contributed by atoms with van der Waals surface area (Å²) in [5, 5.41) is 18.9. The Morgan fingerprint density at radius 2 is 1.18 bits per heavy atom. The van der Waals surface area contributed by atoms with E-state index in [0.717, 1.165) is 28.8 Å². The lowest BCUT2D eigenvalue weighted by atomic mass is 9.85. The van der Waals surface area contributed by atoms with E-state index in [4.69, 9.17) is 0 Å². The Hall–Kier alpha value is -4.61. The maximum atomic E-state index is 13.7. The summed E-state index contributed by atoms with van der Waals surface area (Å²) in [6, 6.07) is 17.6. The third-order valence-corrected chi connectivity index (χ3v) is 7.77. The molecule has 0 fully saturated rings. The molecule has 0 amide bonds. The van der Waals surface area contributed by atoms with Crippen LogP contribution in [0.25, 0.3) is 44.8 Å². The molecule has 2 aromatic heterocycles. The SMILES string of the molecule is CC(C)(CO)c1ccc(-c2nc3c(F)c(F)c(F)cc3[nH]2)cc1.CC(C)(CO)c1cccc(-c2nc3c(F)cc(F)cc3[nH]2)c1. The van der Waals surface area contributed by atoms with Crippen LogP contribution in [0, 0.1) is 29.1 Å². The molecule has 2 heterocycles. The lowest BCUT2D eigenvalue weighted by Gasteiger charge is -2.22. The quantitative estimate of drug-likeness (QED) is 0.113. The number of aromatic amines is 2. The number of aromatic nitrogens is 4. The highest BCUT2D eigenvalue weighted by Gasteiger charge is 2.22. The standard InChI is InChI=1S/C17H15F3N2O.C17H16F2N2O/c1-17(2,8-23)10-5-3-9(4-6-10)16-21-12-7-11(18)13(19)14(20)15(12)22-16;1-17(2,9-22)11-5-3-4-10(6-11)16-20-14-8-12(18)7-13(19)15(14)21-16/h3-7,23H,8H2,1-2H3,(H,21,22);3-8,22H,9H2,1-2H3,(H,20,21). The molecular weight excluding hydrogens is 591 g/mol. The van der Waals surface area contributed by atoms with Crippen LogP contribution in [0.1, 0.15) is 38.8 Å². The summed E-state index contributed by atoms with van der Waals surface area (Å²) >= 11 is 0. The summed E-state index contributed by atoms with van der Waals surface area (Å²) in [7, 11) is 0.